The van der Waals surface area contributed by atoms with Crippen molar-refractivity contribution in [1.29, 1.82) is 5.26 Å². The fraction of sp³-hybridized carbons (Fsp3) is 0.143. The topological polar surface area (TPSA) is 63.6 Å². The molecule has 5 nitrogen and oxygen atoms in total. The van der Waals surface area contributed by atoms with Crippen LogP contribution >= 0.6 is 35.3 Å². The van der Waals surface area contributed by atoms with Gasteiger partial charge in [-0.2, -0.15) is 5.26 Å². The molecule has 0 N–H and O–H groups in total. The van der Waals surface area contributed by atoms with E-state index in [4.69, 9.17) is 22.5 Å². The Hall–Kier alpha value is -2.80. The van der Waals surface area contributed by atoms with Crippen LogP contribution in [-0.2, 0) is 0 Å². The van der Waals surface area contributed by atoms with Gasteiger partial charge in [0.15, 0.2) is 14.8 Å². The van der Waals surface area contributed by atoms with Crippen LogP contribution in [0.4, 0.5) is 4.39 Å². The summed E-state index contributed by atoms with van der Waals surface area (Å²) in [4.78, 5) is 18.1. The average Bonchev–Trinajstić information content (AvgIpc) is 3.06. The number of benzene rings is 2. The lowest BCUT2D eigenvalue weighted by Gasteiger charge is -2.12. The standard InChI is InChI=1S/C21H15FN4OS3/c1-12-3-6-16(11-13(12)2)25-18-17(30-21(25)28)19(27)26(20(24-18)29-10-9-23)15-7-4-14(22)5-8-15/h3-8,11H,10H2,1-2H3. The molecular weight excluding hydrogens is 439 g/mol. The van der Waals surface area contributed by atoms with Crippen molar-refractivity contribution in [3.8, 4) is 17.4 Å². The van der Waals surface area contributed by atoms with E-state index >= 15 is 0 Å². The van der Waals surface area contributed by atoms with Gasteiger partial charge in [0.2, 0.25) is 0 Å². The van der Waals surface area contributed by atoms with Gasteiger partial charge in [0.25, 0.3) is 5.56 Å². The van der Waals surface area contributed by atoms with Gasteiger partial charge in [-0.25, -0.2) is 9.37 Å². The number of thioether (sulfide) groups is 1. The summed E-state index contributed by atoms with van der Waals surface area (Å²) in [7, 11) is 0. The summed E-state index contributed by atoms with van der Waals surface area (Å²) in [6.07, 6.45) is 0. The Bertz CT molecular complexity index is 1430. The number of nitrogens with zero attached hydrogens (tertiary/aromatic N) is 4. The number of nitriles is 1. The molecule has 0 unspecified atom stereocenters. The lowest BCUT2D eigenvalue weighted by molar-refractivity contribution is 0.627. The summed E-state index contributed by atoms with van der Waals surface area (Å²) in [5.74, 6) is -0.281. The minimum absolute atomic E-state index is 0.119. The molecule has 2 aromatic heterocycles. The normalized spacial score (nSPS) is 11.0. The minimum Gasteiger partial charge on any atom is -0.275 e. The molecule has 30 heavy (non-hydrogen) atoms. The van der Waals surface area contributed by atoms with Gasteiger partial charge in [-0.05, 0) is 73.6 Å². The molecule has 0 amide bonds. The maximum absolute atomic E-state index is 13.4. The fourth-order valence-corrected chi connectivity index (χ4v) is 5.01. The van der Waals surface area contributed by atoms with Crippen LogP contribution in [0.3, 0.4) is 0 Å². The van der Waals surface area contributed by atoms with Crippen LogP contribution < -0.4 is 5.56 Å². The molecule has 0 saturated carbocycles. The summed E-state index contributed by atoms with van der Waals surface area (Å²) in [5.41, 5.74) is 3.72. The largest absolute Gasteiger partial charge is 0.278 e. The highest BCUT2D eigenvalue weighted by atomic mass is 32.2. The predicted molar refractivity (Wildman–Crippen MR) is 121 cm³/mol. The van der Waals surface area contributed by atoms with Gasteiger partial charge in [0, 0.05) is 5.69 Å². The zero-order valence-corrected chi connectivity index (χ0v) is 18.5. The molecule has 150 valence electrons. The van der Waals surface area contributed by atoms with E-state index in [1.54, 1.807) is 4.57 Å². The van der Waals surface area contributed by atoms with Crippen molar-refractivity contribution in [1.82, 2.24) is 14.1 Å². The van der Waals surface area contributed by atoms with Crippen LogP contribution in [0.5, 0.6) is 0 Å². The maximum atomic E-state index is 13.4. The lowest BCUT2D eigenvalue weighted by atomic mass is 10.1. The maximum Gasteiger partial charge on any atom is 0.278 e. The third-order valence-corrected chi connectivity index (χ3v) is 6.83. The Balaban J connectivity index is 2.04. The first kappa shape index (κ1) is 20.5. The molecule has 2 heterocycles. The molecule has 0 bridgehead atoms. The van der Waals surface area contributed by atoms with Crippen LogP contribution in [0, 0.1) is 35.0 Å². The van der Waals surface area contributed by atoms with Crippen molar-refractivity contribution in [2.24, 2.45) is 0 Å². The number of aryl methyl sites for hydroxylation is 2. The summed E-state index contributed by atoms with van der Waals surface area (Å²) < 4.78 is 17.5. The monoisotopic (exact) mass is 454 g/mol. The lowest BCUT2D eigenvalue weighted by Crippen LogP contribution is -2.21. The molecule has 0 radical (unpaired) electrons. The van der Waals surface area contributed by atoms with Crippen molar-refractivity contribution in [3.63, 3.8) is 0 Å². The first-order valence-corrected chi connectivity index (χ1v) is 11.1. The number of hydrogen-bond acceptors (Lipinski definition) is 6. The van der Waals surface area contributed by atoms with Crippen molar-refractivity contribution in [3.05, 3.63) is 73.7 Å². The van der Waals surface area contributed by atoms with Gasteiger partial charge in [0.1, 0.15) is 10.5 Å². The molecule has 0 atom stereocenters. The van der Waals surface area contributed by atoms with E-state index in [2.05, 4.69) is 6.07 Å². The number of fused-ring (bicyclic) bond motifs is 1. The van der Waals surface area contributed by atoms with E-state index in [0.29, 0.717) is 25.1 Å². The summed E-state index contributed by atoms with van der Waals surface area (Å²) in [6.45, 7) is 4.04. The number of halogens is 1. The van der Waals surface area contributed by atoms with Gasteiger partial charge >= 0.3 is 0 Å². The van der Waals surface area contributed by atoms with Gasteiger partial charge in [-0.15, -0.1) is 0 Å². The molecule has 0 aliphatic carbocycles. The van der Waals surface area contributed by atoms with Crippen LogP contribution in [0.1, 0.15) is 11.1 Å². The number of rotatable bonds is 4. The zero-order chi connectivity index (χ0) is 21.4. The molecular formula is C21H15FN4OS3. The highest BCUT2D eigenvalue weighted by molar-refractivity contribution is 7.99. The smallest absolute Gasteiger partial charge is 0.275 e. The molecule has 4 aromatic rings. The quantitative estimate of drug-likeness (QED) is 0.237. The number of hydrogen-bond donors (Lipinski definition) is 0. The van der Waals surface area contributed by atoms with Crippen LogP contribution in [-0.4, -0.2) is 19.9 Å². The van der Waals surface area contributed by atoms with Crippen molar-refractivity contribution in [2.45, 2.75) is 19.0 Å². The SMILES string of the molecule is Cc1ccc(-n2c(=S)sc3c(=O)n(-c4ccc(F)cc4)c(SCC#N)nc32)cc1C. The predicted octanol–water partition coefficient (Wildman–Crippen LogP) is 5.34. The Labute approximate surface area is 185 Å². The van der Waals surface area contributed by atoms with Gasteiger partial charge in [-0.1, -0.05) is 29.2 Å². The Morgan fingerprint density at radius 2 is 1.83 bits per heavy atom. The average molecular weight is 455 g/mol. The van der Waals surface area contributed by atoms with Gasteiger partial charge < -0.3 is 0 Å². The van der Waals surface area contributed by atoms with Crippen LogP contribution in [0.25, 0.3) is 21.7 Å². The van der Waals surface area contributed by atoms with E-state index in [0.717, 1.165) is 28.6 Å². The molecule has 0 saturated heterocycles. The van der Waals surface area contributed by atoms with Crippen LogP contribution in [0.2, 0.25) is 0 Å². The molecule has 0 fully saturated rings. The molecule has 2 aromatic carbocycles. The molecule has 9 heteroatoms. The first-order chi connectivity index (χ1) is 14.4. The highest BCUT2D eigenvalue weighted by Crippen LogP contribution is 2.28. The first-order valence-electron chi connectivity index (χ1n) is 8.92. The van der Waals surface area contributed by atoms with Crippen LogP contribution in [0.15, 0.2) is 52.4 Å². The van der Waals surface area contributed by atoms with E-state index < -0.39 is 5.82 Å². The third kappa shape index (κ3) is 3.58. The zero-order valence-electron chi connectivity index (χ0n) is 16.0. The van der Waals surface area contributed by atoms with Gasteiger partial charge in [0.05, 0.1) is 17.5 Å². The second-order valence-corrected chi connectivity index (χ2v) is 9.17. The highest BCUT2D eigenvalue weighted by Gasteiger charge is 2.19. The number of aromatic nitrogens is 3. The Kier molecular flexibility index (Phi) is 5.56. The molecule has 0 aliphatic rings. The Morgan fingerprint density at radius 3 is 2.50 bits per heavy atom. The van der Waals surface area contributed by atoms with Crippen molar-refractivity contribution < 1.29 is 4.39 Å². The second kappa shape index (κ2) is 8.14. The minimum atomic E-state index is -0.399. The third-order valence-electron chi connectivity index (χ3n) is 4.68. The van der Waals surface area contributed by atoms with E-state index in [9.17, 15) is 9.18 Å². The second-order valence-electron chi connectivity index (χ2n) is 6.58. The van der Waals surface area contributed by atoms with Gasteiger partial charge in [-0.3, -0.25) is 13.9 Å². The summed E-state index contributed by atoms with van der Waals surface area (Å²) in [6, 6.07) is 13.6. The fourth-order valence-electron chi connectivity index (χ4n) is 3.04. The van der Waals surface area contributed by atoms with Crippen molar-refractivity contribution >= 4 is 45.7 Å². The van der Waals surface area contributed by atoms with E-state index in [1.807, 2.05) is 32.0 Å². The molecule has 4 rings (SSSR count). The summed E-state index contributed by atoms with van der Waals surface area (Å²) >= 11 is 7.90. The van der Waals surface area contributed by atoms with Crippen molar-refractivity contribution in [2.75, 3.05) is 5.75 Å². The van der Waals surface area contributed by atoms with E-state index in [-0.39, 0.29) is 11.3 Å². The van der Waals surface area contributed by atoms with E-state index in [1.165, 1.54) is 40.2 Å². The summed E-state index contributed by atoms with van der Waals surface area (Å²) in [5, 5.41) is 9.40. The molecule has 0 spiro atoms. The number of thiazole rings is 1. The Morgan fingerprint density at radius 1 is 1.13 bits per heavy atom. The molecule has 0 aliphatic heterocycles.